The normalized spacial score (nSPS) is 38.1. The summed E-state index contributed by atoms with van der Waals surface area (Å²) in [5, 5.41) is 9.72. The number of carbonyl (C=O) groups is 3. The first-order valence-corrected chi connectivity index (χ1v) is 12.7. The Morgan fingerprint density at radius 3 is 2.39 bits per heavy atom. The maximum Gasteiger partial charge on any atom is 0.332 e. The predicted octanol–water partition coefficient (Wildman–Crippen LogP) is 5.21. The van der Waals surface area contributed by atoms with Gasteiger partial charge in [-0.1, -0.05) is 46.8 Å². The summed E-state index contributed by atoms with van der Waals surface area (Å²) in [6.07, 6.45) is 9.34. The quantitative estimate of drug-likeness (QED) is 0.336. The summed E-state index contributed by atoms with van der Waals surface area (Å²) in [6.45, 7) is 12.9. The summed E-state index contributed by atoms with van der Waals surface area (Å²) < 4.78 is 5.59. The van der Waals surface area contributed by atoms with E-state index in [-0.39, 0.29) is 29.3 Å². The average molecular weight is 459 g/mol. The molecule has 5 heteroatoms. The van der Waals surface area contributed by atoms with Crippen LogP contribution in [0.15, 0.2) is 23.8 Å². The van der Waals surface area contributed by atoms with Crippen molar-refractivity contribution in [2.45, 2.75) is 98.2 Å². The molecule has 0 aliphatic heterocycles. The van der Waals surface area contributed by atoms with Gasteiger partial charge in [-0.3, -0.25) is 9.59 Å². The first-order chi connectivity index (χ1) is 15.4. The molecule has 0 radical (unpaired) electrons. The summed E-state index contributed by atoms with van der Waals surface area (Å²) >= 11 is 0. The number of hydrogen-bond acceptors (Lipinski definition) is 5. The zero-order valence-electron chi connectivity index (χ0n) is 21.2. The van der Waals surface area contributed by atoms with E-state index < -0.39 is 17.7 Å². The van der Waals surface area contributed by atoms with Crippen LogP contribution in [-0.4, -0.2) is 34.3 Å². The van der Waals surface area contributed by atoms with Gasteiger partial charge in [0.1, 0.15) is 0 Å². The lowest BCUT2D eigenvalue weighted by atomic mass is 9.61. The van der Waals surface area contributed by atoms with Crippen LogP contribution in [0.4, 0.5) is 0 Å². The fourth-order valence-corrected chi connectivity index (χ4v) is 6.21. The van der Waals surface area contributed by atoms with Crippen LogP contribution >= 0.6 is 0 Å². The van der Waals surface area contributed by atoms with E-state index >= 15 is 0 Å². The van der Waals surface area contributed by atoms with Crippen LogP contribution in [0.3, 0.4) is 0 Å². The van der Waals surface area contributed by atoms with E-state index in [1.54, 1.807) is 6.92 Å². The molecule has 0 spiro atoms. The highest BCUT2D eigenvalue weighted by Crippen LogP contribution is 2.58. The zero-order chi connectivity index (χ0) is 24.6. The largest absolute Gasteiger partial charge is 0.448 e. The molecule has 7 atom stereocenters. The molecule has 0 saturated heterocycles. The van der Waals surface area contributed by atoms with E-state index in [1.807, 2.05) is 0 Å². The van der Waals surface area contributed by atoms with Crippen LogP contribution in [0, 0.1) is 35.0 Å². The fraction of sp³-hybridized carbons (Fsp3) is 0.750. The monoisotopic (exact) mass is 458 g/mol. The highest BCUT2D eigenvalue weighted by Gasteiger charge is 2.53. The van der Waals surface area contributed by atoms with E-state index in [1.165, 1.54) is 6.08 Å². The van der Waals surface area contributed by atoms with E-state index in [4.69, 9.17) is 4.74 Å². The first-order valence-electron chi connectivity index (χ1n) is 12.7. The SMILES string of the molecule is CC(C)[C@@H](C)/C=C/[C@@H](C)[C@H]1CC[C@H]2/C(=C\C(=O)O[C@]3(C)CC[C@H](O)CC3=O)C(=O)CC[C@]12C. The third-order valence-electron chi connectivity index (χ3n) is 8.97. The van der Waals surface area contributed by atoms with E-state index in [0.29, 0.717) is 48.5 Å². The number of rotatable bonds is 6. The Kier molecular flexibility index (Phi) is 7.72. The van der Waals surface area contributed by atoms with Crippen molar-refractivity contribution in [1.29, 1.82) is 0 Å². The molecule has 3 aliphatic rings. The van der Waals surface area contributed by atoms with E-state index in [2.05, 4.69) is 46.8 Å². The van der Waals surface area contributed by atoms with Crippen LogP contribution in [0.5, 0.6) is 0 Å². The Bertz CT molecular complexity index is 839. The van der Waals surface area contributed by atoms with Crippen molar-refractivity contribution in [3.63, 3.8) is 0 Å². The van der Waals surface area contributed by atoms with E-state index in [9.17, 15) is 19.5 Å². The standard InChI is InChI=1S/C28H42O5/c1-17(2)18(3)7-8-19(4)22-9-10-23-21(24(30)12-13-27(22,23)5)16-26(32)33-28(6)14-11-20(29)15-25(28)31/h7-8,16-20,22-23,29H,9-15H2,1-6H3/b8-7+,21-16+/t18-,19+,20-,22+,23-,27+,28+/m0/s1. The van der Waals surface area contributed by atoms with Gasteiger partial charge >= 0.3 is 5.97 Å². The third-order valence-corrected chi connectivity index (χ3v) is 8.97. The van der Waals surface area contributed by atoms with Gasteiger partial charge in [-0.2, -0.15) is 0 Å². The number of ether oxygens (including phenoxy) is 1. The van der Waals surface area contributed by atoms with Gasteiger partial charge in [0.25, 0.3) is 0 Å². The molecule has 3 aliphatic carbocycles. The zero-order valence-corrected chi connectivity index (χ0v) is 21.2. The Labute approximate surface area is 199 Å². The summed E-state index contributed by atoms with van der Waals surface area (Å²) in [4.78, 5) is 38.1. The molecular weight excluding hydrogens is 416 g/mol. The van der Waals surface area contributed by atoms with Crippen LogP contribution in [0.25, 0.3) is 0 Å². The number of ketones is 2. The Morgan fingerprint density at radius 1 is 1.06 bits per heavy atom. The lowest BCUT2D eigenvalue weighted by Gasteiger charge is -2.43. The van der Waals surface area contributed by atoms with Gasteiger partial charge in [0, 0.05) is 24.5 Å². The number of allylic oxidation sites excluding steroid dienone is 3. The van der Waals surface area contributed by atoms with Crippen LogP contribution in [-0.2, 0) is 19.1 Å². The molecule has 0 aromatic carbocycles. The molecule has 184 valence electrons. The van der Waals surface area contributed by atoms with Crippen LogP contribution < -0.4 is 0 Å². The second-order valence-corrected chi connectivity index (χ2v) is 11.6. The van der Waals surface area contributed by atoms with E-state index in [0.717, 1.165) is 19.3 Å². The number of esters is 1. The van der Waals surface area contributed by atoms with Crippen LogP contribution in [0.1, 0.15) is 86.5 Å². The van der Waals surface area contributed by atoms with Gasteiger partial charge < -0.3 is 9.84 Å². The minimum Gasteiger partial charge on any atom is -0.448 e. The maximum atomic E-state index is 12.9. The lowest BCUT2D eigenvalue weighted by Crippen LogP contribution is -2.46. The molecule has 33 heavy (non-hydrogen) atoms. The number of Topliss-reactive ketones (excluding diaryl/α,β-unsaturated/α-hetero) is 2. The van der Waals surface area contributed by atoms with Gasteiger partial charge in [0.2, 0.25) is 0 Å². The van der Waals surface area contributed by atoms with Crippen molar-refractivity contribution in [1.82, 2.24) is 0 Å². The second kappa shape index (κ2) is 9.85. The molecule has 0 aromatic heterocycles. The van der Waals surface area contributed by atoms with Crippen molar-refractivity contribution in [2.75, 3.05) is 0 Å². The minimum atomic E-state index is -1.22. The average Bonchev–Trinajstić information content (AvgIpc) is 3.09. The summed E-state index contributed by atoms with van der Waals surface area (Å²) in [6, 6.07) is 0. The highest BCUT2D eigenvalue weighted by molar-refractivity contribution is 6.02. The van der Waals surface area contributed by atoms with Gasteiger partial charge in [-0.05, 0) is 74.0 Å². The fourth-order valence-electron chi connectivity index (χ4n) is 6.21. The number of aliphatic hydroxyl groups excluding tert-OH is 1. The minimum absolute atomic E-state index is 0.00247. The van der Waals surface area contributed by atoms with Gasteiger partial charge in [0.05, 0.1) is 6.10 Å². The van der Waals surface area contributed by atoms with Crippen molar-refractivity contribution in [2.24, 2.45) is 35.0 Å². The van der Waals surface area contributed by atoms with Crippen LogP contribution in [0.2, 0.25) is 0 Å². The van der Waals surface area contributed by atoms with Crippen molar-refractivity contribution in [3.05, 3.63) is 23.8 Å². The number of hydrogen-bond donors (Lipinski definition) is 1. The number of carbonyl (C=O) groups excluding carboxylic acids is 3. The summed E-state index contributed by atoms with van der Waals surface area (Å²) in [5.74, 6) is 1.21. The molecule has 3 rings (SSSR count). The highest BCUT2D eigenvalue weighted by atomic mass is 16.6. The molecule has 0 amide bonds. The summed E-state index contributed by atoms with van der Waals surface area (Å²) in [5.41, 5.74) is -0.673. The lowest BCUT2D eigenvalue weighted by molar-refractivity contribution is -0.167. The number of aliphatic hydroxyl groups is 1. The molecule has 0 heterocycles. The van der Waals surface area contributed by atoms with Crippen molar-refractivity contribution >= 4 is 17.5 Å². The Balaban J connectivity index is 1.76. The molecule has 0 bridgehead atoms. The number of fused-ring (bicyclic) bond motifs is 1. The first kappa shape index (κ1) is 25.9. The summed E-state index contributed by atoms with van der Waals surface area (Å²) in [7, 11) is 0. The topological polar surface area (TPSA) is 80.7 Å². The molecule has 5 nitrogen and oxygen atoms in total. The molecular formula is C28H42O5. The molecule has 1 N–H and O–H groups in total. The van der Waals surface area contributed by atoms with Gasteiger partial charge in [0.15, 0.2) is 17.2 Å². The third kappa shape index (κ3) is 5.34. The molecule has 3 fully saturated rings. The molecule has 0 unspecified atom stereocenters. The molecule has 3 saturated carbocycles. The Hall–Kier alpha value is -1.75. The molecule has 0 aromatic rings. The van der Waals surface area contributed by atoms with Gasteiger partial charge in [-0.15, -0.1) is 0 Å². The van der Waals surface area contributed by atoms with Crippen molar-refractivity contribution in [3.8, 4) is 0 Å². The second-order valence-electron chi connectivity index (χ2n) is 11.6. The predicted molar refractivity (Wildman–Crippen MR) is 128 cm³/mol. The van der Waals surface area contributed by atoms with Gasteiger partial charge in [-0.25, -0.2) is 4.79 Å². The maximum absolute atomic E-state index is 12.9. The Morgan fingerprint density at radius 2 is 1.76 bits per heavy atom. The smallest absolute Gasteiger partial charge is 0.332 e. The van der Waals surface area contributed by atoms with Crippen molar-refractivity contribution < 1.29 is 24.2 Å².